The van der Waals surface area contributed by atoms with Crippen LogP contribution >= 0.6 is 22.6 Å². The van der Waals surface area contributed by atoms with E-state index >= 15 is 0 Å². The maximum Gasteiger partial charge on any atom is 0.265 e. The summed E-state index contributed by atoms with van der Waals surface area (Å²) in [7, 11) is 0. The first-order valence-electron chi connectivity index (χ1n) is 6.95. The van der Waals surface area contributed by atoms with E-state index in [-0.39, 0.29) is 0 Å². The summed E-state index contributed by atoms with van der Waals surface area (Å²) in [5.41, 5.74) is 6.25. The van der Waals surface area contributed by atoms with Crippen molar-refractivity contribution < 1.29 is 0 Å². The van der Waals surface area contributed by atoms with Crippen LogP contribution in [-0.4, -0.2) is 26.4 Å². The summed E-state index contributed by atoms with van der Waals surface area (Å²) in [6.07, 6.45) is 1.72. The summed E-state index contributed by atoms with van der Waals surface area (Å²) in [6, 6.07) is 15.9. The summed E-state index contributed by atoms with van der Waals surface area (Å²) >= 11 is 2.26. The Morgan fingerprint density at radius 3 is 2.91 bits per heavy atom. The Kier molecular flexibility index (Phi) is 3.62. The van der Waals surface area contributed by atoms with Crippen molar-refractivity contribution in [1.29, 1.82) is 0 Å². The van der Waals surface area contributed by atoms with E-state index in [0.29, 0.717) is 11.6 Å². The van der Waals surface area contributed by atoms with Gasteiger partial charge in [-0.25, -0.2) is 5.43 Å². The Bertz CT molecular complexity index is 1020. The molecule has 0 aliphatic rings. The van der Waals surface area contributed by atoms with Crippen LogP contribution < -0.4 is 5.43 Å². The van der Waals surface area contributed by atoms with Crippen LogP contribution in [0.2, 0.25) is 0 Å². The topological polar surface area (TPSA) is 78.8 Å². The van der Waals surface area contributed by atoms with Crippen LogP contribution in [0, 0.1) is 3.57 Å². The smallest absolute Gasteiger partial charge is 0.265 e. The van der Waals surface area contributed by atoms with E-state index in [9.17, 15) is 0 Å². The zero-order valence-corrected chi connectivity index (χ0v) is 14.0. The Balaban J connectivity index is 1.61. The minimum atomic E-state index is 0.353. The molecule has 0 saturated heterocycles. The third-order valence-corrected chi connectivity index (χ3v) is 4.02. The number of anilines is 1. The van der Waals surface area contributed by atoms with E-state index in [1.165, 1.54) is 0 Å². The molecule has 4 aromatic rings. The van der Waals surface area contributed by atoms with Crippen LogP contribution in [0.25, 0.3) is 22.1 Å². The molecular weight excluding hydrogens is 403 g/mol. The number of hydrazone groups is 1. The van der Waals surface area contributed by atoms with Gasteiger partial charge in [0.05, 0.1) is 6.21 Å². The lowest BCUT2D eigenvalue weighted by molar-refractivity contribution is 1.01. The Morgan fingerprint density at radius 1 is 1.09 bits per heavy atom. The van der Waals surface area contributed by atoms with E-state index in [0.717, 1.165) is 25.6 Å². The number of nitrogens with zero attached hydrogens (tertiary/aromatic N) is 4. The largest absolute Gasteiger partial charge is 0.338 e. The molecule has 7 heteroatoms. The number of halogens is 1. The molecule has 0 saturated carbocycles. The molecular formula is C16H11IN6. The molecule has 2 aromatic carbocycles. The molecule has 2 aromatic heterocycles. The molecule has 0 aliphatic heterocycles. The van der Waals surface area contributed by atoms with Crippen molar-refractivity contribution in [3.63, 3.8) is 0 Å². The van der Waals surface area contributed by atoms with Gasteiger partial charge < -0.3 is 4.98 Å². The normalized spacial score (nSPS) is 11.5. The summed E-state index contributed by atoms with van der Waals surface area (Å²) in [6.45, 7) is 0. The lowest BCUT2D eigenvalue weighted by Gasteiger charge is -1.97. The van der Waals surface area contributed by atoms with Gasteiger partial charge >= 0.3 is 0 Å². The minimum absolute atomic E-state index is 0.353. The third-order valence-electron chi connectivity index (χ3n) is 3.35. The highest BCUT2D eigenvalue weighted by molar-refractivity contribution is 14.1. The van der Waals surface area contributed by atoms with Crippen LogP contribution in [-0.2, 0) is 0 Å². The molecule has 0 atom stereocenters. The minimum Gasteiger partial charge on any atom is -0.338 e. The number of aromatic nitrogens is 4. The highest BCUT2D eigenvalue weighted by Gasteiger charge is 2.07. The van der Waals surface area contributed by atoms with Gasteiger partial charge in [0, 0.05) is 14.5 Å². The van der Waals surface area contributed by atoms with Gasteiger partial charge in [0.2, 0.25) is 0 Å². The fraction of sp³-hybridized carbons (Fsp3) is 0. The molecule has 0 unspecified atom stereocenters. The summed E-state index contributed by atoms with van der Waals surface area (Å²) < 4.78 is 1.16. The van der Waals surface area contributed by atoms with Crippen LogP contribution in [0.4, 0.5) is 5.95 Å². The molecule has 0 spiro atoms. The van der Waals surface area contributed by atoms with Gasteiger partial charge in [-0.1, -0.05) is 30.3 Å². The van der Waals surface area contributed by atoms with E-state index in [1.807, 2.05) is 48.5 Å². The number of rotatable bonds is 3. The lowest BCUT2D eigenvalue weighted by atomic mass is 10.2. The van der Waals surface area contributed by atoms with Gasteiger partial charge in [0.25, 0.3) is 5.95 Å². The van der Waals surface area contributed by atoms with Gasteiger partial charge in [0.15, 0.2) is 5.65 Å². The van der Waals surface area contributed by atoms with Crippen molar-refractivity contribution in [2.45, 2.75) is 0 Å². The van der Waals surface area contributed by atoms with Crippen molar-refractivity contribution in [2.24, 2.45) is 5.10 Å². The fourth-order valence-electron chi connectivity index (χ4n) is 2.32. The molecule has 4 rings (SSSR count). The summed E-state index contributed by atoms with van der Waals surface area (Å²) in [5.74, 6) is 0.353. The number of nitrogens with one attached hydrogen (secondary N) is 2. The number of fused-ring (bicyclic) bond motifs is 3. The highest BCUT2D eigenvalue weighted by atomic mass is 127. The van der Waals surface area contributed by atoms with Crippen molar-refractivity contribution in [2.75, 3.05) is 5.43 Å². The second-order valence-electron chi connectivity index (χ2n) is 4.93. The summed E-state index contributed by atoms with van der Waals surface area (Å²) in [5, 5.41) is 13.5. The van der Waals surface area contributed by atoms with E-state index < -0.39 is 0 Å². The highest BCUT2D eigenvalue weighted by Crippen LogP contribution is 2.21. The maximum absolute atomic E-state index is 4.41. The first-order valence-corrected chi connectivity index (χ1v) is 8.03. The van der Waals surface area contributed by atoms with Gasteiger partial charge in [-0.05, 0) is 46.4 Å². The van der Waals surface area contributed by atoms with E-state index in [2.05, 4.69) is 53.3 Å². The van der Waals surface area contributed by atoms with Crippen LogP contribution in [0.5, 0.6) is 0 Å². The fourth-order valence-corrected chi connectivity index (χ4v) is 2.89. The number of para-hydroxylation sites is 1. The van der Waals surface area contributed by atoms with Gasteiger partial charge in [0.1, 0.15) is 5.52 Å². The molecule has 0 aliphatic carbocycles. The number of aromatic amines is 1. The van der Waals surface area contributed by atoms with Crippen molar-refractivity contribution in [1.82, 2.24) is 20.2 Å². The Labute approximate surface area is 145 Å². The maximum atomic E-state index is 4.41. The van der Waals surface area contributed by atoms with Crippen molar-refractivity contribution >= 4 is 56.8 Å². The van der Waals surface area contributed by atoms with E-state index in [4.69, 9.17) is 0 Å². The molecule has 6 nitrogen and oxygen atoms in total. The van der Waals surface area contributed by atoms with Gasteiger partial charge in [-0.2, -0.15) is 10.1 Å². The average molecular weight is 414 g/mol. The molecule has 23 heavy (non-hydrogen) atoms. The zero-order chi connectivity index (χ0) is 15.6. The summed E-state index contributed by atoms with van der Waals surface area (Å²) in [4.78, 5) is 7.63. The molecule has 2 heterocycles. The molecule has 112 valence electrons. The molecule has 0 radical (unpaired) electrons. The monoisotopic (exact) mass is 414 g/mol. The SMILES string of the molecule is Ic1cccc(/C=N/Nc2nnc3c(n2)[nH]c2ccccc23)c1. The third kappa shape index (κ3) is 2.87. The predicted octanol–water partition coefficient (Wildman–Crippen LogP) is 3.56. The number of hydrogen-bond donors (Lipinski definition) is 2. The van der Waals surface area contributed by atoms with Crippen molar-refractivity contribution in [3.8, 4) is 0 Å². The van der Waals surface area contributed by atoms with E-state index in [1.54, 1.807) is 6.21 Å². The van der Waals surface area contributed by atoms with Gasteiger partial charge in [-0.15, -0.1) is 10.2 Å². The molecule has 0 fully saturated rings. The number of benzene rings is 2. The Hall–Kier alpha value is -2.55. The lowest BCUT2D eigenvalue weighted by Crippen LogP contribution is -1.99. The second kappa shape index (κ2) is 5.92. The zero-order valence-electron chi connectivity index (χ0n) is 11.9. The second-order valence-corrected chi connectivity index (χ2v) is 6.17. The first kappa shape index (κ1) is 14.1. The van der Waals surface area contributed by atoms with Crippen LogP contribution in [0.1, 0.15) is 5.56 Å². The predicted molar refractivity (Wildman–Crippen MR) is 99.6 cm³/mol. The Morgan fingerprint density at radius 2 is 2.00 bits per heavy atom. The van der Waals surface area contributed by atoms with Crippen molar-refractivity contribution in [3.05, 3.63) is 57.7 Å². The molecule has 0 amide bonds. The van der Waals surface area contributed by atoms with Gasteiger partial charge in [-0.3, -0.25) is 0 Å². The van der Waals surface area contributed by atoms with Crippen LogP contribution in [0.15, 0.2) is 53.6 Å². The molecule has 0 bridgehead atoms. The number of H-pyrrole nitrogens is 1. The first-order chi connectivity index (χ1) is 11.3. The quantitative estimate of drug-likeness (QED) is 0.305. The standard InChI is InChI=1S/C16H11IN6/c17-11-5-3-4-10(8-11)9-18-22-16-20-15-14(21-23-16)12-6-1-2-7-13(12)19-15/h1-9H,(H2,19,20,22,23)/b18-9+. The van der Waals surface area contributed by atoms with Crippen LogP contribution in [0.3, 0.4) is 0 Å². The number of hydrogen-bond acceptors (Lipinski definition) is 5. The average Bonchev–Trinajstić information content (AvgIpc) is 2.92. The molecule has 2 N–H and O–H groups in total.